The second kappa shape index (κ2) is 5.98. The molecule has 0 saturated carbocycles. The first-order valence-corrected chi connectivity index (χ1v) is 7.80. The van der Waals surface area contributed by atoms with Gasteiger partial charge in [0.1, 0.15) is 0 Å². The number of nitrogens with zero attached hydrogens (tertiary/aromatic N) is 2. The van der Waals surface area contributed by atoms with Gasteiger partial charge in [0.05, 0.1) is 0 Å². The molecule has 1 aliphatic rings. The summed E-state index contributed by atoms with van der Waals surface area (Å²) in [5.41, 5.74) is 8.54. The maximum atomic E-state index is 5.61. The zero-order valence-corrected chi connectivity index (χ0v) is 12.4. The van der Waals surface area contributed by atoms with Gasteiger partial charge in [0.25, 0.3) is 0 Å². The molecule has 0 radical (unpaired) electrons. The maximum absolute atomic E-state index is 5.61. The minimum atomic E-state index is 0.812. The summed E-state index contributed by atoms with van der Waals surface area (Å²) < 4.78 is 2.54. The Balaban J connectivity index is 1.89. The van der Waals surface area contributed by atoms with Gasteiger partial charge in [-0.1, -0.05) is 24.3 Å². The largest absolute Gasteiger partial charge is 0.346 e. The van der Waals surface area contributed by atoms with Crippen molar-refractivity contribution in [1.82, 2.24) is 9.47 Å². The molecule has 2 N–H and O–H groups in total. The molecule has 1 aliphatic heterocycles. The highest BCUT2D eigenvalue weighted by atomic mass is 15.2. The highest BCUT2D eigenvalue weighted by molar-refractivity contribution is 5.88. The third-order valence-electron chi connectivity index (χ3n) is 4.52. The summed E-state index contributed by atoms with van der Waals surface area (Å²) in [4.78, 5) is 2.60. The molecule has 3 nitrogen and oxygen atoms in total. The Morgan fingerprint density at radius 3 is 2.70 bits per heavy atom. The van der Waals surface area contributed by atoms with E-state index in [9.17, 15) is 0 Å². The number of hydrogen-bond donors (Lipinski definition) is 1. The van der Waals surface area contributed by atoms with Gasteiger partial charge >= 0.3 is 0 Å². The van der Waals surface area contributed by atoms with Crippen LogP contribution in [-0.2, 0) is 13.1 Å². The Hall–Kier alpha value is -1.32. The van der Waals surface area contributed by atoms with Crippen molar-refractivity contribution in [3.63, 3.8) is 0 Å². The van der Waals surface area contributed by atoms with Gasteiger partial charge in [-0.15, -0.1) is 0 Å². The van der Waals surface area contributed by atoms with Crippen molar-refractivity contribution < 1.29 is 0 Å². The zero-order chi connectivity index (χ0) is 13.9. The fourth-order valence-electron chi connectivity index (χ4n) is 3.43. The van der Waals surface area contributed by atoms with Crippen molar-refractivity contribution in [2.24, 2.45) is 5.73 Å². The third-order valence-corrected chi connectivity index (χ3v) is 4.52. The number of hydrogen-bond acceptors (Lipinski definition) is 2. The SMILES string of the molecule is Cc1c2ccccc2c2n1CCCN(CCCCN)C2. The molecule has 3 heteroatoms. The van der Waals surface area contributed by atoms with E-state index in [4.69, 9.17) is 5.73 Å². The molecule has 0 bridgehead atoms. The summed E-state index contributed by atoms with van der Waals surface area (Å²) in [6, 6.07) is 8.84. The summed E-state index contributed by atoms with van der Waals surface area (Å²) in [6.07, 6.45) is 3.60. The van der Waals surface area contributed by atoms with E-state index in [1.54, 1.807) is 0 Å². The maximum Gasteiger partial charge on any atom is 0.0398 e. The van der Waals surface area contributed by atoms with Crippen LogP contribution in [0.1, 0.15) is 30.7 Å². The molecule has 0 fully saturated rings. The zero-order valence-electron chi connectivity index (χ0n) is 12.4. The minimum Gasteiger partial charge on any atom is -0.346 e. The third kappa shape index (κ3) is 2.48. The van der Waals surface area contributed by atoms with Gasteiger partial charge in [0, 0.05) is 41.8 Å². The number of nitrogens with two attached hydrogens (primary N) is 1. The highest BCUT2D eigenvalue weighted by Crippen LogP contribution is 2.28. The average Bonchev–Trinajstić information content (AvgIpc) is 2.64. The fraction of sp³-hybridized carbons (Fsp3) is 0.529. The molecular weight excluding hydrogens is 246 g/mol. The first-order chi connectivity index (χ1) is 9.81. The molecule has 1 aromatic carbocycles. The van der Waals surface area contributed by atoms with Crippen LogP contribution in [0.4, 0.5) is 0 Å². The molecular formula is C17H25N3. The van der Waals surface area contributed by atoms with E-state index < -0.39 is 0 Å². The summed E-state index contributed by atoms with van der Waals surface area (Å²) >= 11 is 0. The molecule has 0 spiro atoms. The van der Waals surface area contributed by atoms with Crippen molar-refractivity contribution in [2.45, 2.75) is 39.3 Å². The van der Waals surface area contributed by atoms with Crippen LogP contribution in [0.3, 0.4) is 0 Å². The van der Waals surface area contributed by atoms with Crippen LogP contribution in [0.15, 0.2) is 24.3 Å². The minimum absolute atomic E-state index is 0.812. The van der Waals surface area contributed by atoms with Crippen LogP contribution in [-0.4, -0.2) is 29.1 Å². The molecule has 0 saturated heterocycles. The smallest absolute Gasteiger partial charge is 0.0398 e. The van der Waals surface area contributed by atoms with Crippen LogP contribution in [0, 0.1) is 6.92 Å². The summed E-state index contributed by atoms with van der Waals surface area (Å²) in [5, 5.41) is 2.86. The fourth-order valence-corrected chi connectivity index (χ4v) is 3.43. The second-order valence-corrected chi connectivity index (χ2v) is 5.85. The van der Waals surface area contributed by atoms with Gasteiger partial charge in [-0.25, -0.2) is 0 Å². The number of fused-ring (bicyclic) bond motifs is 3. The molecule has 2 aromatic rings. The van der Waals surface area contributed by atoms with Gasteiger partial charge < -0.3 is 10.3 Å². The van der Waals surface area contributed by atoms with E-state index >= 15 is 0 Å². The van der Waals surface area contributed by atoms with Crippen LogP contribution in [0.5, 0.6) is 0 Å². The Labute approximate surface area is 121 Å². The van der Waals surface area contributed by atoms with E-state index in [0.29, 0.717) is 0 Å². The number of aromatic nitrogens is 1. The van der Waals surface area contributed by atoms with Gasteiger partial charge in [0.2, 0.25) is 0 Å². The van der Waals surface area contributed by atoms with Gasteiger partial charge in [-0.2, -0.15) is 0 Å². The Kier molecular flexibility index (Phi) is 4.08. The number of rotatable bonds is 4. The molecule has 0 amide bonds. The van der Waals surface area contributed by atoms with E-state index in [2.05, 4.69) is 40.7 Å². The average molecular weight is 271 g/mol. The van der Waals surface area contributed by atoms with Crippen molar-refractivity contribution >= 4 is 10.8 Å². The van der Waals surface area contributed by atoms with Crippen LogP contribution < -0.4 is 5.73 Å². The Morgan fingerprint density at radius 1 is 1.10 bits per heavy atom. The number of unbranched alkanes of at least 4 members (excludes halogenated alkanes) is 1. The topological polar surface area (TPSA) is 34.2 Å². The van der Waals surface area contributed by atoms with Crippen molar-refractivity contribution in [1.29, 1.82) is 0 Å². The molecule has 0 aliphatic carbocycles. The van der Waals surface area contributed by atoms with E-state index in [0.717, 1.165) is 26.1 Å². The van der Waals surface area contributed by atoms with Crippen molar-refractivity contribution in [3.8, 4) is 0 Å². The second-order valence-electron chi connectivity index (χ2n) is 5.85. The first kappa shape index (κ1) is 13.7. The molecule has 3 rings (SSSR count). The molecule has 0 atom stereocenters. The van der Waals surface area contributed by atoms with E-state index in [1.165, 1.54) is 48.1 Å². The standard InChI is InChI=1S/C17H25N3/c1-14-15-7-2-3-8-16(15)17-13-19(10-5-4-9-18)11-6-12-20(14)17/h2-3,7-8H,4-6,9-13,18H2,1H3. The first-order valence-electron chi connectivity index (χ1n) is 7.80. The summed E-state index contributed by atoms with van der Waals surface area (Å²) in [7, 11) is 0. The lowest BCUT2D eigenvalue weighted by molar-refractivity contribution is 0.265. The van der Waals surface area contributed by atoms with Crippen molar-refractivity contribution in [2.75, 3.05) is 19.6 Å². The predicted octanol–water partition coefficient (Wildman–Crippen LogP) is 2.89. The quantitative estimate of drug-likeness (QED) is 0.868. The van der Waals surface area contributed by atoms with Gasteiger partial charge in [0.15, 0.2) is 0 Å². The monoisotopic (exact) mass is 271 g/mol. The Morgan fingerprint density at radius 2 is 1.90 bits per heavy atom. The number of benzene rings is 1. The molecule has 0 unspecified atom stereocenters. The van der Waals surface area contributed by atoms with E-state index in [1.807, 2.05) is 0 Å². The van der Waals surface area contributed by atoms with Crippen LogP contribution >= 0.6 is 0 Å². The van der Waals surface area contributed by atoms with Crippen molar-refractivity contribution in [3.05, 3.63) is 35.7 Å². The summed E-state index contributed by atoms with van der Waals surface area (Å²) in [6.45, 7) is 7.69. The van der Waals surface area contributed by atoms with Gasteiger partial charge in [-0.05, 0) is 39.3 Å². The molecule has 2 heterocycles. The lowest BCUT2D eigenvalue weighted by Crippen LogP contribution is -2.25. The molecule has 1 aromatic heterocycles. The summed E-state index contributed by atoms with van der Waals surface area (Å²) in [5.74, 6) is 0. The van der Waals surface area contributed by atoms with Crippen LogP contribution in [0.2, 0.25) is 0 Å². The Bertz CT molecular complexity index is 585. The lowest BCUT2D eigenvalue weighted by atomic mass is 10.1. The number of aryl methyl sites for hydroxylation is 1. The van der Waals surface area contributed by atoms with E-state index in [-0.39, 0.29) is 0 Å². The highest BCUT2D eigenvalue weighted by Gasteiger charge is 2.19. The van der Waals surface area contributed by atoms with Gasteiger partial charge in [-0.3, -0.25) is 4.90 Å². The normalized spacial score (nSPS) is 16.3. The molecule has 108 valence electrons. The molecule has 20 heavy (non-hydrogen) atoms. The van der Waals surface area contributed by atoms with Crippen LogP contribution in [0.25, 0.3) is 10.8 Å². The predicted molar refractivity (Wildman–Crippen MR) is 84.9 cm³/mol. The lowest BCUT2D eigenvalue weighted by Gasteiger charge is -2.19.